The quantitative estimate of drug-likeness (QED) is 0.137. The van der Waals surface area contributed by atoms with Crippen LogP contribution in [0.2, 0.25) is 44.3 Å². The molecule has 8 aromatic carbocycles. The predicted molar refractivity (Wildman–Crippen MR) is 267 cm³/mol. The van der Waals surface area contributed by atoms with Crippen molar-refractivity contribution in [1.82, 2.24) is 0 Å². The summed E-state index contributed by atoms with van der Waals surface area (Å²) < 4.78 is 12.8. The van der Waals surface area contributed by atoms with E-state index in [2.05, 4.69) is 142 Å². The molecule has 0 unspecified atom stereocenters. The second kappa shape index (κ2) is 17.2. The van der Waals surface area contributed by atoms with Crippen LogP contribution in [0.4, 0.5) is 17.1 Å². The summed E-state index contributed by atoms with van der Waals surface area (Å²) in [5.41, 5.74) is 12.0. The highest BCUT2D eigenvalue weighted by Crippen LogP contribution is 2.39. The van der Waals surface area contributed by atoms with E-state index in [1.54, 1.807) is 0 Å². The minimum absolute atomic E-state index is 0. The lowest BCUT2D eigenvalue weighted by molar-refractivity contribution is 0.671. The number of halogens is 1. The number of nitrogen functional groups attached to an aromatic ring is 1. The summed E-state index contributed by atoms with van der Waals surface area (Å²) >= 11 is 6.36. The van der Waals surface area contributed by atoms with E-state index < -0.39 is 16.1 Å². The third-order valence-corrected chi connectivity index (χ3v) is 14.7. The first-order chi connectivity index (χ1) is 27.4. The zero-order valence-corrected chi connectivity index (χ0v) is 36.0. The van der Waals surface area contributed by atoms with Gasteiger partial charge in [-0.2, -0.15) is 0 Å². The van der Waals surface area contributed by atoms with Crippen molar-refractivity contribution in [1.29, 1.82) is 0 Å². The maximum atomic E-state index is 6.59. The second-order valence-electron chi connectivity index (χ2n) is 16.6. The largest absolute Gasteiger partial charge is 0.455 e. The van der Waals surface area contributed by atoms with Crippen molar-refractivity contribution in [3.05, 3.63) is 163 Å². The topological polar surface area (TPSA) is 64.3 Å². The standard InChI is InChI=1S/C25H23NOSi.C19H17ClOSi.C6H7N.2CH4/c1-28(2,3)22-16-17-10-7-8-13-19(17)23-20-14-9-15-21(24(20)27-25(22)23)26-18-11-5-4-6-12-18;1-22(2,3)16-11-12-7-4-5-8-13(12)17-14-9-6-10-15(20)18(14)21-19(16)17;7-6-4-2-1-3-5-6;;/h4-16,26H,1-3H3;4-11H,1-3H3;1-5H,7H2;2*1H4. The maximum absolute atomic E-state index is 6.59. The van der Waals surface area contributed by atoms with Crippen molar-refractivity contribution in [2.24, 2.45) is 0 Å². The number of furan rings is 2. The van der Waals surface area contributed by atoms with Crippen molar-refractivity contribution in [2.75, 3.05) is 11.1 Å². The van der Waals surface area contributed by atoms with Gasteiger partial charge in [-0.15, -0.1) is 0 Å². The van der Waals surface area contributed by atoms with Crippen LogP contribution in [0.5, 0.6) is 0 Å². The monoisotopic (exact) mass is 830 g/mol. The summed E-state index contributed by atoms with van der Waals surface area (Å²) in [5.74, 6) is 0. The highest BCUT2D eigenvalue weighted by atomic mass is 35.5. The number of rotatable bonds is 4. The van der Waals surface area contributed by atoms with Crippen LogP contribution in [-0.2, 0) is 0 Å². The zero-order chi connectivity index (χ0) is 39.9. The Labute approximate surface area is 355 Å². The molecule has 0 spiro atoms. The summed E-state index contributed by atoms with van der Waals surface area (Å²) in [5, 5.41) is 16.7. The van der Waals surface area contributed by atoms with Crippen molar-refractivity contribution in [3.8, 4) is 0 Å². The number of para-hydroxylation sites is 4. The number of benzene rings is 8. The molecule has 300 valence electrons. The predicted octanol–water partition coefficient (Wildman–Crippen LogP) is 15.5. The fourth-order valence-corrected chi connectivity index (χ4v) is 10.7. The van der Waals surface area contributed by atoms with Crippen molar-refractivity contribution in [2.45, 2.75) is 54.1 Å². The van der Waals surface area contributed by atoms with Gasteiger partial charge in [-0.3, -0.25) is 0 Å². The van der Waals surface area contributed by atoms with E-state index in [4.69, 9.17) is 26.2 Å². The number of hydrogen-bond donors (Lipinski definition) is 2. The first-order valence-electron chi connectivity index (χ1n) is 19.4. The molecule has 0 amide bonds. The van der Waals surface area contributed by atoms with Crippen LogP contribution in [0.3, 0.4) is 0 Å². The van der Waals surface area contributed by atoms with E-state index in [9.17, 15) is 0 Å². The van der Waals surface area contributed by atoms with Crippen LogP contribution in [-0.4, -0.2) is 16.1 Å². The summed E-state index contributed by atoms with van der Waals surface area (Å²) in [6, 6.07) is 53.9. The van der Waals surface area contributed by atoms with Gasteiger partial charge in [0.05, 0.1) is 26.9 Å². The van der Waals surface area contributed by atoms with Gasteiger partial charge in [0.1, 0.15) is 11.2 Å². The lowest BCUT2D eigenvalue weighted by Gasteiger charge is -2.18. The summed E-state index contributed by atoms with van der Waals surface area (Å²) in [4.78, 5) is 0. The first kappa shape index (κ1) is 42.8. The molecule has 0 saturated heterocycles. The molecular weight excluding hydrogens is 776 g/mol. The summed E-state index contributed by atoms with van der Waals surface area (Å²) in [6.45, 7) is 14.2. The van der Waals surface area contributed by atoms with Crippen LogP contribution >= 0.6 is 11.6 Å². The molecule has 10 aromatic rings. The highest BCUT2D eigenvalue weighted by Gasteiger charge is 2.26. The van der Waals surface area contributed by atoms with Gasteiger partial charge in [0.2, 0.25) is 0 Å². The molecule has 0 radical (unpaired) electrons. The smallest absolute Gasteiger partial charge is 0.158 e. The molecule has 0 fully saturated rings. The van der Waals surface area contributed by atoms with Crippen LogP contribution in [0, 0.1) is 0 Å². The van der Waals surface area contributed by atoms with E-state index in [0.717, 1.165) is 44.8 Å². The fraction of sp³-hybridized carbons (Fsp3) is 0.154. The maximum Gasteiger partial charge on any atom is 0.158 e. The molecule has 2 heterocycles. The molecule has 7 heteroatoms. The Hall–Kier alpha value is -5.80. The summed E-state index contributed by atoms with van der Waals surface area (Å²) in [6.07, 6.45) is 0. The molecule has 0 aliphatic carbocycles. The van der Waals surface area contributed by atoms with E-state index in [1.165, 1.54) is 48.1 Å². The average molecular weight is 832 g/mol. The second-order valence-corrected chi connectivity index (χ2v) is 27.1. The number of anilines is 3. The van der Waals surface area contributed by atoms with Crippen LogP contribution < -0.4 is 21.4 Å². The fourth-order valence-electron chi connectivity index (χ4n) is 7.60. The zero-order valence-electron chi connectivity index (χ0n) is 33.3. The summed E-state index contributed by atoms with van der Waals surface area (Å²) in [7, 11) is -3.12. The Morgan fingerprint density at radius 1 is 0.458 bits per heavy atom. The molecule has 4 nitrogen and oxygen atoms in total. The Balaban J connectivity index is 0.000000168. The van der Waals surface area contributed by atoms with Crippen molar-refractivity contribution >= 4 is 121 Å². The molecule has 10 rings (SSSR count). The highest BCUT2D eigenvalue weighted by molar-refractivity contribution is 6.91. The molecule has 0 saturated carbocycles. The van der Waals surface area contributed by atoms with Crippen LogP contribution in [0.15, 0.2) is 167 Å². The SMILES string of the molecule is C.C.C[Si](C)(C)c1cc2ccccc2c2c1oc1c(Cl)cccc12.C[Si](C)(C)c1cc2ccccc2c2c1oc1c(Nc3ccccc3)cccc12.Nc1ccccc1. The molecule has 0 bridgehead atoms. The van der Waals surface area contributed by atoms with Crippen LogP contribution in [0.25, 0.3) is 65.4 Å². The number of fused-ring (bicyclic) bond motifs is 10. The van der Waals surface area contributed by atoms with Gasteiger partial charge in [0.15, 0.2) is 11.2 Å². The van der Waals surface area contributed by atoms with Gasteiger partial charge in [0.25, 0.3) is 0 Å². The third-order valence-electron chi connectivity index (χ3n) is 10.4. The average Bonchev–Trinajstić information content (AvgIpc) is 3.79. The normalized spacial score (nSPS) is 11.4. The Morgan fingerprint density at radius 3 is 1.37 bits per heavy atom. The Morgan fingerprint density at radius 2 is 0.881 bits per heavy atom. The van der Waals surface area contributed by atoms with Crippen LogP contribution in [0.1, 0.15) is 14.9 Å². The minimum Gasteiger partial charge on any atom is -0.455 e. The molecular formula is C52H55ClN2O2Si2. The van der Waals surface area contributed by atoms with Gasteiger partial charge in [-0.25, -0.2) is 0 Å². The van der Waals surface area contributed by atoms with Gasteiger partial charge < -0.3 is 19.9 Å². The van der Waals surface area contributed by atoms with Crippen molar-refractivity contribution < 1.29 is 8.83 Å². The first-order valence-corrected chi connectivity index (χ1v) is 26.8. The lowest BCUT2D eigenvalue weighted by Crippen LogP contribution is -2.37. The molecule has 2 aromatic heterocycles. The van der Waals surface area contributed by atoms with E-state index in [1.807, 2.05) is 60.7 Å². The van der Waals surface area contributed by atoms with Gasteiger partial charge >= 0.3 is 0 Å². The molecule has 0 atom stereocenters. The Bertz CT molecular complexity index is 3030. The number of hydrogen-bond acceptors (Lipinski definition) is 4. The minimum atomic E-state index is -1.58. The van der Waals surface area contributed by atoms with Gasteiger partial charge in [-0.1, -0.05) is 187 Å². The van der Waals surface area contributed by atoms with Gasteiger partial charge in [-0.05, 0) is 68.3 Å². The van der Waals surface area contributed by atoms with Crippen molar-refractivity contribution in [3.63, 3.8) is 0 Å². The molecule has 0 aliphatic rings. The molecule has 0 aliphatic heterocycles. The third kappa shape index (κ3) is 8.53. The number of nitrogens with two attached hydrogens (primary N) is 1. The van der Waals surface area contributed by atoms with E-state index in [-0.39, 0.29) is 14.9 Å². The van der Waals surface area contributed by atoms with E-state index in [0.29, 0.717) is 5.02 Å². The Kier molecular flexibility index (Phi) is 12.5. The van der Waals surface area contributed by atoms with Gasteiger partial charge in [0, 0.05) is 32.9 Å². The molecule has 3 N–H and O–H groups in total. The lowest BCUT2D eigenvalue weighted by atomic mass is 10.0. The number of nitrogens with one attached hydrogen (secondary N) is 1. The molecule has 59 heavy (non-hydrogen) atoms. The van der Waals surface area contributed by atoms with E-state index >= 15 is 0 Å².